The van der Waals surface area contributed by atoms with Gasteiger partial charge in [-0.05, 0) is 37.0 Å². The molecule has 2 amide bonds. The molecule has 3 rings (SSSR count). The second-order valence-electron chi connectivity index (χ2n) is 6.58. The van der Waals surface area contributed by atoms with Crippen LogP contribution in [-0.4, -0.2) is 35.3 Å². The van der Waals surface area contributed by atoms with Crippen molar-refractivity contribution in [3.63, 3.8) is 0 Å². The summed E-state index contributed by atoms with van der Waals surface area (Å²) in [7, 11) is 1.51. The molecule has 1 atom stereocenters. The summed E-state index contributed by atoms with van der Waals surface area (Å²) in [5.74, 6) is -0.174. The van der Waals surface area contributed by atoms with Crippen LogP contribution in [-0.2, 0) is 16.0 Å². The minimum Gasteiger partial charge on any atom is -0.436 e. The topological polar surface area (TPSA) is 141 Å². The molecule has 0 saturated heterocycles. The van der Waals surface area contributed by atoms with Crippen LogP contribution in [0.25, 0.3) is 0 Å². The number of nitriles is 1. The normalized spacial score (nSPS) is 15.1. The van der Waals surface area contributed by atoms with E-state index >= 15 is 0 Å². The smallest absolute Gasteiger partial charge is 0.288 e. The minimum atomic E-state index is -0.919. The number of anilines is 1. The van der Waals surface area contributed by atoms with Crippen LogP contribution in [0.3, 0.4) is 0 Å². The van der Waals surface area contributed by atoms with E-state index in [1.165, 1.54) is 18.1 Å². The van der Waals surface area contributed by atoms with Crippen LogP contribution in [0.4, 0.5) is 5.69 Å². The zero-order valence-electron chi connectivity index (χ0n) is 16.1. The van der Waals surface area contributed by atoms with Gasteiger partial charge in [0.2, 0.25) is 18.0 Å². The highest BCUT2D eigenvalue weighted by atomic mass is 35.5. The maximum atomic E-state index is 12.0. The highest BCUT2D eigenvalue weighted by molar-refractivity contribution is 6.46. The molecular weight excluding hydrogens is 412 g/mol. The third kappa shape index (κ3) is 4.16. The Morgan fingerprint density at radius 2 is 2.30 bits per heavy atom. The van der Waals surface area contributed by atoms with E-state index in [0.29, 0.717) is 29.3 Å². The SMILES string of the molecule is CC1CCc2c(Oc3ccc(N(C)/N=C(/C#N)C(=O)NC=O)cc3Cl)n[nH]c(=O)c21. The van der Waals surface area contributed by atoms with Crippen LogP contribution in [0.5, 0.6) is 11.6 Å². The number of benzene rings is 1. The molecule has 1 aliphatic rings. The number of rotatable bonds is 6. The molecule has 0 bridgehead atoms. The van der Waals surface area contributed by atoms with Crippen LogP contribution in [0.1, 0.15) is 30.4 Å². The lowest BCUT2D eigenvalue weighted by Gasteiger charge is -2.15. The van der Waals surface area contributed by atoms with Crippen molar-refractivity contribution in [1.29, 1.82) is 5.26 Å². The lowest BCUT2D eigenvalue weighted by Crippen LogP contribution is -2.30. The molecule has 1 unspecified atom stereocenters. The summed E-state index contributed by atoms with van der Waals surface area (Å²) in [6.45, 7) is 1.98. The number of ether oxygens (including phenoxy) is 1. The lowest BCUT2D eigenvalue weighted by molar-refractivity contribution is -0.120. The Bertz CT molecular complexity index is 1140. The number of nitrogens with one attached hydrogen (secondary N) is 2. The highest BCUT2D eigenvalue weighted by Gasteiger charge is 2.27. The van der Waals surface area contributed by atoms with Gasteiger partial charge in [0.1, 0.15) is 11.8 Å². The average Bonchev–Trinajstić information content (AvgIpc) is 3.12. The van der Waals surface area contributed by atoms with E-state index in [0.717, 1.165) is 12.0 Å². The first-order valence-electron chi connectivity index (χ1n) is 8.91. The first kappa shape index (κ1) is 21.0. The van der Waals surface area contributed by atoms with Gasteiger partial charge < -0.3 is 4.74 Å². The van der Waals surface area contributed by atoms with Gasteiger partial charge in [0.05, 0.1) is 10.7 Å². The van der Waals surface area contributed by atoms with Gasteiger partial charge in [-0.15, -0.1) is 5.10 Å². The zero-order chi connectivity index (χ0) is 21.8. The minimum absolute atomic E-state index is 0.129. The van der Waals surface area contributed by atoms with Crippen LogP contribution >= 0.6 is 11.6 Å². The number of hydrogen-bond donors (Lipinski definition) is 2. The van der Waals surface area contributed by atoms with Crippen molar-refractivity contribution < 1.29 is 14.3 Å². The van der Waals surface area contributed by atoms with E-state index in [9.17, 15) is 14.4 Å². The standard InChI is InChI=1S/C19H17ClN6O4/c1-10-3-5-12-16(10)18(29)23-24-19(12)30-15-6-4-11(7-13(15)20)26(2)25-14(8-21)17(28)22-9-27/h4,6-7,9-10H,3,5H2,1-2H3,(H,23,29)(H,22,27,28)/b25-14-. The first-order valence-corrected chi connectivity index (χ1v) is 9.29. The molecule has 0 fully saturated rings. The molecule has 1 aliphatic carbocycles. The second-order valence-corrected chi connectivity index (χ2v) is 6.99. The molecular formula is C19H17ClN6O4. The number of H-pyrrole nitrogens is 1. The van der Waals surface area contributed by atoms with Crippen molar-refractivity contribution >= 4 is 35.3 Å². The van der Waals surface area contributed by atoms with Crippen molar-refractivity contribution in [2.75, 3.05) is 12.1 Å². The summed E-state index contributed by atoms with van der Waals surface area (Å²) in [5.41, 5.74) is 1.21. The van der Waals surface area contributed by atoms with Gasteiger partial charge in [0.15, 0.2) is 0 Å². The Morgan fingerprint density at radius 3 is 2.97 bits per heavy atom. The summed E-state index contributed by atoms with van der Waals surface area (Å²) >= 11 is 6.33. The maximum absolute atomic E-state index is 12.0. The number of carbonyl (C=O) groups excluding carboxylic acids is 2. The van der Waals surface area contributed by atoms with Crippen molar-refractivity contribution in [3.8, 4) is 17.7 Å². The highest BCUT2D eigenvalue weighted by Crippen LogP contribution is 2.38. The summed E-state index contributed by atoms with van der Waals surface area (Å²) in [6.07, 6.45) is 1.70. The van der Waals surface area contributed by atoms with Crippen molar-refractivity contribution in [3.05, 3.63) is 44.7 Å². The van der Waals surface area contributed by atoms with E-state index in [4.69, 9.17) is 21.6 Å². The molecule has 0 spiro atoms. The quantitative estimate of drug-likeness (QED) is 0.406. The number of aromatic amines is 1. The summed E-state index contributed by atoms with van der Waals surface area (Å²) in [4.78, 5) is 34.0. The van der Waals surface area contributed by atoms with E-state index in [1.807, 2.05) is 12.2 Å². The van der Waals surface area contributed by atoms with Gasteiger partial charge in [-0.3, -0.25) is 24.7 Å². The van der Waals surface area contributed by atoms with Gasteiger partial charge in [0.25, 0.3) is 11.5 Å². The largest absolute Gasteiger partial charge is 0.436 e. The molecule has 11 heteroatoms. The number of imide groups is 1. The van der Waals surface area contributed by atoms with Crippen LogP contribution < -0.4 is 20.6 Å². The molecule has 154 valence electrons. The fourth-order valence-corrected chi connectivity index (χ4v) is 3.37. The summed E-state index contributed by atoms with van der Waals surface area (Å²) in [6, 6.07) is 6.35. The molecule has 2 N–H and O–H groups in total. The molecule has 0 radical (unpaired) electrons. The number of aromatic nitrogens is 2. The van der Waals surface area contributed by atoms with E-state index in [2.05, 4.69) is 15.3 Å². The molecule has 1 aromatic carbocycles. The fraction of sp³-hybridized carbons (Fsp3) is 0.263. The maximum Gasteiger partial charge on any atom is 0.288 e. The summed E-state index contributed by atoms with van der Waals surface area (Å²) < 4.78 is 5.84. The van der Waals surface area contributed by atoms with Gasteiger partial charge >= 0.3 is 0 Å². The Hall–Kier alpha value is -3.71. The number of fused-ring (bicyclic) bond motifs is 1. The van der Waals surface area contributed by atoms with Gasteiger partial charge in [-0.1, -0.05) is 18.5 Å². The zero-order valence-corrected chi connectivity index (χ0v) is 16.9. The molecule has 1 aromatic heterocycles. The molecule has 30 heavy (non-hydrogen) atoms. The molecule has 1 heterocycles. The van der Waals surface area contributed by atoms with E-state index < -0.39 is 11.6 Å². The molecule has 0 aliphatic heterocycles. The molecule has 2 aromatic rings. The van der Waals surface area contributed by atoms with Crippen molar-refractivity contribution in [1.82, 2.24) is 15.5 Å². The number of nitrogens with zero attached hydrogens (tertiary/aromatic N) is 4. The summed E-state index contributed by atoms with van der Waals surface area (Å²) in [5, 5.41) is 22.7. The number of hydrazone groups is 1. The van der Waals surface area contributed by atoms with E-state index in [-0.39, 0.29) is 22.9 Å². The monoisotopic (exact) mass is 428 g/mol. The van der Waals surface area contributed by atoms with Gasteiger partial charge in [-0.25, -0.2) is 5.10 Å². The predicted molar refractivity (Wildman–Crippen MR) is 109 cm³/mol. The Labute approximate surface area is 176 Å². The van der Waals surface area contributed by atoms with E-state index in [1.54, 1.807) is 18.2 Å². The van der Waals surface area contributed by atoms with Gasteiger partial charge in [-0.2, -0.15) is 10.4 Å². The molecule has 10 nitrogen and oxygen atoms in total. The predicted octanol–water partition coefficient (Wildman–Crippen LogP) is 1.85. The lowest BCUT2D eigenvalue weighted by atomic mass is 10.1. The Balaban J connectivity index is 1.85. The van der Waals surface area contributed by atoms with Crippen LogP contribution in [0.2, 0.25) is 5.02 Å². The number of carbonyl (C=O) groups is 2. The third-order valence-electron chi connectivity index (χ3n) is 4.66. The number of hydrogen-bond acceptors (Lipinski definition) is 8. The Kier molecular flexibility index (Phi) is 6.13. The van der Waals surface area contributed by atoms with Crippen molar-refractivity contribution in [2.45, 2.75) is 25.7 Å². The van der Waals surface area contributed by atoms with Crippen molar-refractivity contribution in [2.24, 2.45) is 5.10 Å². The average molecular weight is 429 g/mol. The number of halogens is 1. The second kappa shape index (κ2) is 8.75. The van der Waals surface area contributed by atoms with Gasteiger partial charge in [0, 0.05) is 18.2 Å². The fourth-order valence-electron chi connectivity index (χ4n) is 3.16. The Morgan fingerprint density at radius 1 is 1.53 bits per heavy atom. The van der Waals surface area contributed by atoms with Crippen LogP contribution in [0.15, 0.2) is 28.1 Å². The van der Waals surface area contributed by atoms with Crippen LogP contribution in [0, 0.1) is 11.3 Å². The number of amides is 2. The molecule has 0 saturated carbocycles. The third-order valence-corrected chi connectivity index (χ3v) is 4.96. The first-order chi connectivity index (χ1) is 14.3.